The summed E-state index contributed by atoms with van der Waals surface area (Å²) in [5, 5.41) is 0. The number of nitrogens with one attached hydrogen (secondary N) is 1. The molecule has 6 heteroatoms. The van der Waals surface area contributed by atoms with Gasteiger partial charge in [-0.3, -0.25) is 0 Å². The fraction of sp³-hybridized carbons (Fsp3) is 0.538. The molecule has 0 bridgehead atoms. The molecule has 2 rings (SSSR count). The van der Waals surface area contributed by atoms with Crippen LogP contribution in [-0.2, 0) is 14.8 Å². The summed E-state index contributed by atoms with van der Waals surface area (Å²) in [6, 6.07) is 4.75. The van der Waals surface area contributed by atoms with Crippen molar-refractivity contribution in [3.63, 3.8) is 0 Å². The summed E-state index contributed by atoms with van der Waals surface area (Å²) in [6.45, 7) is 4.73. The van der Waals surface area contributed by atoms with Gasteiger partial charge >= 0.3 is 0 Å². The molecular weight excluding hydrogens is 264 g/mol. The highest BCUT2D eigenvalue weighted by atomic mass is 32.2. The van der Waals surface area contributed by atoms with E-state index in [0.717, 1.165) is 18.4 Å². The number of rotatable bonds is 4. The van der Waals surface area contributed by atoms with Gasteiger partial charge in [0, 0.05) is 18.8 Å². The predicted octanol–water partition coefficient (Wildman–Crippen LogP) is 1.42. The third kappa shape index (κ3) is 3.26. The first-order valence-electron chi connectivity index (χ1n) is 6.32. The van der Waals surface area contributed by atoms with Crippen molar-refractivity contribution in [1.29, 1.82) is 0 Å². The molecule has 3 N–H and O–H groups in total. The smallest absolute Gasteiger partial charge is 0.240 e. The van der Waals surface area contributed by atoms with E-state index in [0.29, 0.717) is 12.3 Å². The maximum atomic E-state index is 12.2. The van der Waals surface area contributed by atoms with Crippen molar-refractivity contribution in [2.75, 3.05) is 18.9 Å². The van der Waals surface area contributed by atoms with Crippen LogP contribution in [0.5, 0.6) is 0 Å². The number of aryl methyl sites for hydroxylation is 1. The van der Waals surface area contributed by atoms with Crippen LogP contribution in [0.2, 0.25) is 0 Å². The molecule has 1 aliphatic rings. The maximum Gasteiger partial charge on any atom is 0.240 e. The Bertz CT molecular complexity index is 563. The molecule has 1 unspecified atom stereocenters. The molecule has 1 fully saturated rings. The van der Waals surface area contributed by atoms with E-state index < -0.39 is 15.6 Å². The van der Waals surface area contributed by atoms with Gasteiger partial charge in [-0.05, 0) is 44.4 Å². The molecule has 106 valence electrons. The molecule has 0 amide bonds. The van der Waals surface area contributed by atoms with Crippen LogP contribution < -0.4 is 10.5 Å². The Morgan fingerprint density at radius 1 is 1.47 bits per heavy atom. The molecular formula is C13H20N2O3S. The van der Waals surface area contributed by atoms with Gasteiger partial charge in [-0.2, -0.15) is 0 Å². The van der Waals surface area contributed by atoms with Crippen molar-refractivity contribution in [1.82, 2.24) is 4.72 Å². The van der Waals surface area contributed by atoms with Gasteiger partial charge in [0.1, 0.15) is 0 Å². The summed E-state index contributed by atoms with van der Waals surface area (Å²) in [7, 11) is -3.54. The summed E-state index contributed by atoms with van der Waals surface area (Å²) in [5.41, 5.74) is 6.69. The number of nitrogens with two attached hydrogens (primary N) is 1. The van der Waals surface area contributed by atoms with Crippen molar-refractivity contribution in [2.45, 2.75) is 37.2 Å². The number of anilines is 1. The minimum Gasteiger partial charge on any atom is -0.398 e. The van der Waals surface area contributed by atoms with Gasteiger partial charge < -0.3 is 10.5 Å². The van der Waals surface area contributed by atoms with Crippen molar-refractivity contribution >= 4 is 15.7 Å². The topological polar surface area (TPSA) is 81.4 Å². The lowest BCUT2D eigenvalue weighted by atomic mass is 10.0. The molecule has 0 radical (unpaired) electrons. The second-order valence-electron chi connectivity index (χ2n) is 5.24. The van der Waals surface area contributed by atoms with Gasteiger partial charge in [-0.15, -0.1) is 0 Å². The minimum atomic E-state index is -3.54. The molecule has 0 aliphatic carbocycles. The molecule has 1 aliphatic heterocycles. The second-order valence-corrected chi connectivity index (χ2v) is 7.01. The highest BCUT2D eigenvalue weighted by Gasteiger charge is 2.31. The lowest BCUT2D eigenvalue weighted by Gasteiger charge is -2.23. The number of hydrogen-bond acceptors (Lipinski definition) is 4. The molecule has 5 nitrogen and oxygen atoms in total. The number of benzene rings is 1. The van der Waals surface area contributed by atoms with Crippen molar-refractivity contribution in [2.24, 2.45) is 0 Å². The zero-order valence-corrected chi connectivity index (χ0v) is 12.1. The van der Waals surface area contributed by atoms with Crippen molar-refractivity contribution < 1.29 is 13.2 Å². The Balaban J connectivity index is 2.11. The standard InChI is InChI=1S/C13H20N2O3S/c1-10-4-5-11(8-12(10)14)19(16,17)15-9-13(2)6-3-7-18-13/h4-5,8,15H,3,6-7,9,14H2,1-2H3. The molecule has 1 aromatic carbocycles. The Hall–Kier alpha value is -1.11. The van der Waals surface area contributed by atoms with E-state index in [9.17, 15) is 8.42 Å². The molecule has 0 saturated carbocycles. The Kier molecular flexibility index (Phi) is 3.85. The van der Waals surface area contributed by atoms with Gasteiger partial charge in [0.05, 0.1) is 10.5 Å². The van der Waals surface area contributed by atoms with Crippen LogP contribution >= 0.6 is 0 Å². The summed E-state index contributed by atoms with van der Waals surface area (Å²) >= 11 is 0. The third-order valence-corrected chi connectivity index (χ3v) is 4.90. The van der Waals surface area contributed by atoms with E-state index in [4.69, 9.17) is 10.5 Å². The maximum absolute atomic E-state index is 12.2. The fourth-order valence-corrected chi connectivity index (χ4v) is 3.28. The normalized spacial score (nSPS) is 23.7. The van der Waals surface area contributed by atoms with Gasteiger partial charge in [-0.25, -0.2) is 13.1 Å². The molecule has 1 heterocycles. The Morgan fingerprint density at radius 2 is 2.21 bits per heavy atom. The number of ether oxygens (including phenoxy) is 1. The van der Waals surface area contributed by atoms with Gasteiger partial charge in [-0.1, -0.05) is 6.07 Å². The summed E-state index contributed by atoms with van der Waals surface area (Å²) in [6.07, 6.45) is 1.83. The first-order chi connectivity index (χ1) is 8.82. The van der Waals surface area contributed by atoms with Crippen molar-refractivity contribution in [3.05, 3.63) is 23.8 Å². The molecule has 1 saturated heterocycles. The van der Waals surface area contributed by atoms with Crippen LogP contribution in [-0.4, -0.2) is 27.2 Å². The van der Waals surface area contributed by atoms with E-state index in [1.165, 1.54) is 6.07 Å². The molecule has 1 atom stereocenters. The van der Waals surface area contributed by atoms with Gasteiger partial charge in [0.15, 0.2) is 0 Å². The zero-order valence-electron chi connectivity index (χ0n) is 11.3. The van der Waals surface area contributed by atoms with E-state index >= 15 is 0 Å². The van der Waals surface area contributed by atoms with Crippen LogP contribution in [0.1, 0.15) is 25.3 Å². The second kappa shape index (κ2) is 5.11. The van der Waals surface area contributed by atoms with Crippen LogP contribution in [0.15, 0.2) is 23.1 Å². The first-order valence-corrected chi connectivity index (χ1v) is 7.80. The van der Waals surface area contributed by atoms with Gasteiger partial charge in [0.25, 0.3) is 0 Å². The van der Waals surface area contributed by atoms with Crippen LogP contribution in [0.25, 0.3) is 0 Å². The quantitative estimate of drug-likeness (QED) is 0.819. The molecule has 0 spiro atoms. The average molecular weight is 284 g/mol. The highest BCUT2D eigenvalue weighted by Crippen LogP contribution is 2.25. The van der Waals surface area contributed by atoms with E-state index in [1.54, 1.807) is 12.1 Å². The van der Waals surface area contributed by atoms with Crippen molar-refractivity contribution in [3.8, 4) is 0 Å². The van der Waals surface area contributed by atoms with E-state index in [-0.39, 0.29) is 11.4 Å². The molecule has 19 heavy (non-hydrogen) atoms. The number of sulfonamides is 1. The third-order valence-electron chi connectivity index (χ3n) is 3.50. The highest BCUT2D eigenvalue weighted by molar-refractivity contribution is 7.89. The summed E-state index contributed by atoms with van der Waals surface area (Å²) < 4.78 is 32.5. The van der Waals surface area contributed by atoms with E-state index in [1.807, 2.05) is 13.8 Å². The average Bonchev–Trinajstić information content (AvgIpc) is 2.78. The zero-order chi connectivity index (χ0) is 14.1. The summed E-state index contributed by atoms with van der Waals surface area (Å²) in [4.78, 5) is 0.192. The SMILES string of the molecule is Cc1ccc(S(=O)(=O)NCC2(C)CCCO2)cc1N. The van der Waals surface area contributed by atoms with E-state index in [2.05, 4.69) is 4.72 Å². The summed E-state index contributed by atoms with van der Waals surface area (Å²) in [5.74, 6) is 0. The lowest BCUT2D eigenvalue weighted by molar-refractivity contribution is 0.0250. The fourth-order valence-electron chi connectivity index (χ4n) is 2.09. The van der Waals surface area contributed by atoms with Gasteiger partial charge in [0.2, 0.25) is 10.0 Å². The minimum absolute atomic E-state index is 0.192. The first kappa shape index (κ1) is 14.3. The number of hydrogen-bond donors (Lipinski definition) is 2. The molecule has 0 aromatic heterocycles. The number of nitrogen functional groups attached to an aromatic ring is 1. The van der Waals surface area contributed by atoms with Crippen LogP contribution in [0, 0.1) is 6.92 Å². The van der Waals surface area contributed by atoms with Crippen LogP contribution in [0.3, 0.4) is 0 Å². The largest absolute Gasteiger partial charge is 0.398 e. The monoisotopic (exact) mass is 284 g/mol. The Labute approximate surface area is 114 Å². The predicted molar refractivity (Wildman–Crippen MR) is 74.4 cm³/mol. The van der Waals surface area contributed by atoms with Crippen LogP contribution in [0.4, 0.5) is 5.69 Å². The lowest BCUT2D eigenvalue weighted by Crippen LogP contribution is -2.40. The molecule has 1 aromatic rings. The Morgan fingerprint density at radius 3 is 2.79 bits per heavy atom.